The molecule has 1 aliphatic carbocycles. The molecule has 0 radical (unpaired) electrons. The summed E-state index contributed by atoms with van der Waals surface area (Å²) >= 11 is 0. The number of piperidine rings is 1. The molecule has 1 N–H and O–H groups in total. The zero-order valence-electron chi connectivity index (χ0n) is 10.2. The highest BCUT2D eigenvalue weighted by Crippen LogP contribution is 2.29. The molecule has 1 saturated heterocycles. The van der Waals surface area contributed by atoms with Crippen molar-refractivity contribution in [3.05, 3.63) is 0 Å². The average molecular weight is 210 g/mol. The van der Waals surface area contributed by atoms with Gasteiger partial charge in [0.2, 0.25) is 0 Å². The first-order chi connectivity index (χ1) is 7.38. The Kier molecular flexibility index (Phi) is 4.45. The van der Waals surface area contributed by atoms with E-state index in [-0.39, 0.29) is 0 Å². The maximum atomic E-state index is 3.64. The number of rotatable bonds is 6. The molecule has 1 saturated carbocycles. The Morgan fingerprint density at radius 2 is 2.07 bits per heavy atom. The van der Waals surface area contributed by atoms with E-state index in [9.17, 15) is 0 Å². The van der Waals surface area contributed by atoms with Crippen LogP contribution < -0.4 is 5.32 Å². The zero-order valence-corrected chi connectivity index (χ0v) is 10.2. The van der Waals surface area contributed by atoms with Gasteiger partial charge in [-0.25, -0.2) is 0 Å². The van der Waals surface area contributed by atoms with E-state index < -0.39 is 0 Å². The van der Waals surface area contributed by atoms with E-state index in [1.165, 1.54) is 64.7 Å². The van der Waals surface area contributed by atoms with Gasteiger partial charge in [0.15, 0.2) is 0 Å². The van der Waals surface area contributed by atoms with E-state index in [2.05, 4.69) is 17.1 Å². The first-order valence-electron chi connectivity index (χ1n) is 6.84. The highest BCUT2D eigenvalue weighted by atomic mass is 15.1. The summed E-state index contributed by atoms with van der Waals surface area (Å²) in [5.41, 5.74) is 0. The Morgan fingerprint density at radius 3 is 2.67 bits per heavy atom. The van der Waals surface area contributed by atoms with Crippen molar-refractivity contribution in [1.82, 2.24) is 10.2 Å². The lowest BCUT2D eigenvalue weighted by molar-refractivity contribution is 0.248. The molecule has 88 valence electrons. The molecule has 2 aliphatic rings. The van der Waals surface area contributed by atoms with E-state index in [0.717, 1.165) is 12.0 Å². The molecule has 1 aliphatic heterocycles. The molecule has 2 nitrogen and oxygen atoms in total. The van der Waals surface area contributed by atoms with E-state index in [1.807, 2.05) is 0 Å². The van der Waals surface area contributed by atoms with Gasteiger partial charge < -0.3 is 10.2 Å². The van der Waals surface area contributed by atoms with Gasteiger partial charge >= 0.3 is 0 Å². The van der Waals surface area contributed by atoms with Crippen molar-refractivity contribution in [2.75, 3.05) is 26.2 Å². The molecule has 1 unspecified atom stereocenters. The van der Waals surface area contributed by atoms with Crippen LogP contribution >= 0.6 is 0 Å². The highest BCUT2D eigenvalue weighted by molar-refractivity contribution is 4.78. The topological polar surface area (TPSA) is 15.3 Å². The van der Waals surface area contributed by atoms with Crippen LogP contribution in [0.5, 0.6) is 0 Å². The molecule has 1 heterocycles. The smallest absolute Gasteiger partial charge is 0.00792 e. The fraction of sp³-hybridized carbons (Fsp3) is 1.00. The molecular weight excluding hydrogens is 184 g/mol. The van der Waals surface area contributed by atoms with Crippen molar-refractivity contribution >= 4 is 0 Å². The first-order valence-corrected chi connectivity index (χ1v) is 6.84. The second-order valence-electron chi connectivity index (χ2n) is 5.27. The Hall–Kier alpha value is -0.0800. The zero-order chi connectivity index (χ0) is 10.5. The number of nitrogens with zero attached hydrogens (tertiary/aromatic N) is 1. The highest BCUT2D eigenvalue weighted by Gasteiger charge is 2.24. The van der Waals surface area contributed by atoms with Gasteiger partial charge in [0, 0.05) is 12.6 Å². The molecule has 0 spiro atoms. The van der Waals surface area contributed by atoms with Crippen LogP contribution in [0.4, 0.5) is 0 Å². The Morgan fingerprint density at radius 1 is 1.20 bits per heavy atom. The summed E-state index contributed by atoms with van der Waals surface area (Å²) in [4.78, 5) is 2.65. The van der Waals surface area contributed by atoms with Crippen LogP contribution in [0.1, 0.15) is 45.4 Å². The summed E-state index contributed by atoms with van der Waals surface area (Å²) < 4.78 is 0. The van der Waals surface area contributed by atoms with Crippen molar-refractivity contribution in [3.8, 4) is 0 Å². The fourth-order valence-electron chi connectivity index (χ4n) is 2.55. The first kappa shape index (κ1) is 11.4. The monoisotopic (exact) mass is 210 g/mol. The minimum Gasteiger partial charge on any atom is -0.314 e. The van der Waals surface area contributed by atoms with E-state index in [4.69, 9.17) is 0 Å². The molecule has 2 heteroatoms. The third-order valence-corrected chi connectivity index (χ3v) is 3.87. The molecule has 0 aromatic heterocycles. The third-order valence-electron chi connectivity index (χ3n) is 3.87. The molecule has 0 aromatic carbocycles. The van der Waals surface area contributed by atoms with Gasteiger partial charge in [-0.05, 0) is 57.7 Å². The lowest BCUT2D eigenvalue weighted by Gasteiger charge is -2.27. The lowest BCUT2D eigenvalue weighted by Crippen LogP contribution is -2.38. The summed E-state index contributed by atoms with van der Waals surface area (Å²) in [7, 11) is 0. The standard InChI is InChI=1S/C13H26N2/c1-2-15(11-12-6-7-12)10-8-13-5-3-4-9-14-13/h12-14H,2-11H2,1H3. The van der Waals surface area contributed by atoms with Gasteiger partial charge in [0.1, 0.15) is 0 Å². The lowest BCUT2D eigenvalue weighted by atomic mass is 10.0. The SMILES string of the molecule is CCN(CCC1CCCCN1)CC1CC1. The molecule has 2 rings (SSSR count). The summed E-state index contributed by atoms with van der Waals surface area (Å²) in [6.07, 6.45) is 8.56. The van der Waals surface area contributed by atoms with Crippen LogP contribution in [0.15, 0.2) is 0 Å². The summed E-state index contributed by atoms with van der Waals surface area (Å²) in [6, 6.07) is 0.812. The molecular formula is C13H26N2. The van der Waals surface area contributed by atoms with Crippen molar-refractivity contribution in [2.24, 2.45) is 5.92 Å². The largest absolute Gasteiger partial charge is 0.314 e. The van der Waals surface area contributed by atoms with E-state index in [1.54, 1.807) is 0 Å². The van der Waals surface area contributed by atoms with Crippen molar-refractivity contribution in [3.63, 3.8) is 0 Å². The molecule has 2 fully saturated rings. The Labute approximate surface area is 94.4 Å². The predicted molar refractivity (Wildman–Crippen MR) is 65.1 cm³/mol. The Balaban J connectivity index is 1.60. The molecule has 0 bridgehead atoms. The van der Waals surface area contributed by atoms with Crippen LogP contribution in [-0.4, -0.2) is 37.1 Å². The minimum atomic E-state index is 0.812. The van der Waals surface area contributed by atoms with Crippen LogP contribution in [0.2, 0.25) is 0 Å². The van der Waals surface area contributed by atoms with Gasteiger partial charge in [0.25, 0.3) is 0 Å². The van der Waals surface area contributed by atoms with Gasteiger partial charge in [-0.2, -0.15) is 0 Å². The second kappa shape index (κ2) is 5.86. The number of hydrogen-bond acceptors (Lipinski definition) is 2. The van der Waals surface area contributed by atoms with Gasteiger partial charge in [-0.15, -0.1) is 0 Å². The van der Waals surface area contributed by atoms with Crippen molar-refractivity contribution in [2.45, 2.75) is 51.5 Å². The van der Waals surface area contributed by atoms with Gasteiger partial charge in [-0.1, -0.05) is 13.3 Å². The minimum absolute atomic E-state index is 0.812. The number of hydrogen-bond donors (Lipinski definition) is 1. The maximum absolute atomic E-state index is 3.64. The van der Waals surface area contributed by atoms with E-state index in [0.29, 0.717) is 0 Å². The van der Waals surface area contributed by atoms with Gasteiger partial charge in [0.05, 0.1) is 0 Å². The molecule has 15 heavy (non-hydrogen) atoms. The van der Waals surface area contributed by atoms with Crippen LogP contribution in [0.25, 0.3) is 0 Å². The number of nitrogens with one attached hydrogen (secondary N) is 1. The van der Waals surface area contributed by atoms with E-state index >= 15 is 0 Å². The Bertz CT molecular complexity index is 171. The average Bonchev–Trinajstić information content (AvgIpc) is 3.09. The van der Waals surface area contributed by atoms with Crippen molar-refractivity contribution in [1.29, 1.82) is 0 Å². The normalized spacial score (nSPS) is 27.2. The predicted octanol–water partition coefficient (Wildman–Crippen LogP) is 2.25. The van der Waals surface area contributed by atoms with Gasteiger partial charge in [-0.3, -0.25) is 0 Å². The van der Waals surface area contributed by atoms with Crippen LogP contribution in [0.3, 0.4) is 0 Å². The summed E-state index contributed by atoms with van der Waals surface area (Å²) in [5.74, 6) is 1.05. The maximum Gasteiger partial charge on any atom is 0.00792 e. The van der Waals surface area contributed by atoms with Crippen LogP contribution in [-0.2, 0) is 0 Å². The van der Waals surface area contributed by atoms with Crippen LogP contribution in [0, 0.1) is 5.92 Å². The molecule has 0 amide bonds. The quantitative estimate of drug-likeness (QED) is 0.723. The molecule has 0 aromatic rings. The second-order valence-corrected chi connectivity index (χ2v) is 5.27. The molecule has 1 atom stereocenters. The third kappa shape index (κ3) is 4.12. The summed E-state index contributed by atoms with van der Waals surface area (Å²) in [6.45, 7) is 7.47. The summed E-state index contributed by atoms with van der Waals surface area (Å²) in [5, 5.41) is 3.64. The fourth-order valence-corrected chi connectivity index (χ4v) is 2.55. The van der Waals surface area contributed by atoms with Crippen molar-refractivity contribution < 1.29 is 0 Å².